The molecule has 0 aliphatic heterocycles. The summed E-state index contributed by atoms with van der Waals surface area (Å²) in [6, 6.07) is 22.8. The van der Waals surface area contributed by atoms with Gasteiger partial charge in [-0.25, -0.2) is 4.79 Å². The van der Waals surface area contributed by atoms with E-state index in [9.17, 15) is 4.79 Å². The van der Waals surface area contributed by atoms with Crippen LogP contribution in [-0.2, 0) is 11.3 Å². The van der Waals surface area contributed by atoms with Crippen molar-refractivity contribution >= 4 is 17.6 Å². The molecular weight excluding hydrogens is 336 g/mol. The lowest BCUT2D eigenvalue weighted by atomic mass is 10.0. The first-order valence-electron chi connectivity index (χ1n) is 7.82. The number of esters is 1. The van der Waals surface area contributed by atoms with Crippen molar-refractivity contribution in [2.45, 2.75) is 6.61 Å². The molecule has 3 aromatic rings. The summed E-state index contributed by atoms with van der Waals surface area (Å²) in [6.45, 7) is 0.523. The lowest BCUT2D eigenvalue weighted by Gasteiger charge is -2.09. The molecule has 4 heteroatoms. The highest BCUT2D eigenvalue weighted by atomic mass is 35.5. The predicted molar refractivity (Wildman–Crippen MR) is 99.0 cm³/mol. The molecule has 0 atom stereocenters. The van der Waals surface area contributed by atoms with Crippen molar-refractivity contribution in [3.63, 3.8) is 0 Å². The van der Waals surface area contributed by atoms with Gasteiger partial charge < -0.3 is 9.47 Å². The molecule has 0 saturated carbocycles. The molecule has 0 N–H and O–H groups in total. The van der Waals surface area contributed by atoms with Gasteiger partial charge >= 0.3 is 5.97 Å². The van der Waals surface area contributed by atoms with Gasteiger partial charge in [0, 0.05) is 10.6 Å². The minimum atomic E-state index is -0.405. The maximum absolute atomic E-state index is 11.5. The van der Waals surface area contributed by atoms with E-state index in [0.29, 0.717) is 17.2 Å². The SMILES string of the molecule is COC(=O)c1ccc(-c2ccc(OCc3ccccc3)cc2)c(Cl)c1. The van der Waals surface area contributed by atoms with E-state index in [0.717, 1.165) is 22.4 Å². The molecule has 0 unspecified atom stereocenters. The van der Waals surface area contributed by atoms with Gasteiger partial charge in [0.1, 0.15) is 12.4 Å². The number of rotatable bonds is 5. The molecule has 3 aromatic carbocycles. The largest absolute Gasteiger partial charge is 0.489 e. The Balaban J connectivity index is 1.73. The van der Waals surface area contributed by atoms with E-state index in [4.69, 9.17) is 21.1 Å². The van der Waals surface area contributed by atoms with Crippen molar-refractivity contribution in [3.8, 4) is 16.9 Å². The first kappa shape index (κ1) is 17.1. The second-order valence-corrected chi connectivity index (χ2v) is 5.89. The van der Waals surface area contributed by atoms with E-state index in [1.807, 2.05) is 60.7 Å². The Morgan fingerprint density at radius 1 is 0.960 bits per heavy atom. The van der Waals surface area contributed by atoms with Crippen LogP contribution in [0.25, 0.3) is 11.1 Å². The van der Waals surface area contributed by atoms with E-state index in [-0.39, 0.29) is 0 Å². The van der Waals surface area contributed by atoms with Crippen LogP contribution in [-0.4, -0.2) is 13.1 Å². The molecular formula is C21H17ClO3. The third kappa shape index (κ3) is 4.20. The summed E-state index contributed by atoms with van der Waals surface area (Å²) < 4.78 is 10.5. The molecule has 25 heavy (non-hydrogen) atoms. The summed E-state index contributed by atoms with van der Waals surface area (Å²) >= 11 is 6.31. The van der Waals surface area contributed by atoms with E-state index < -0.39 is 5.97 Å². The molecule has 0 radical (unpaired) electrons. The normalized spacial score (nSPS) is 10.3. The number of hydrogen-bond donors (Lipinski definition) is 0. The number of methoxy groups -OCH3 is 1. The Morgan fingerprint density at radius 3 is 2.32 bits per heavy atom. The molecule has 0 saturated heterocycles. The van der Waals surface area contributed by atoms with Crippen LogP contribution in [0.4, 0.5) is 0 Å². The topological polar surface area (TPSA) is 35.5 Å². The van der Waals surface area contributed by atoms with Gasteiger partial charge in [-0.15, -0.1) is 0 Å². The fourth-order valence-electron chi connectivity index (χ4n) is 2.47. The van der Waals surface area contributed by atoms with Crippen molar-refractivity contribution < 1.29 is 14.3 Å². The Hall–Kier alpha value is -2.78. The number of hydrogen-bond acceptors (Lipinski definition) is 3. The summed E-state index contributed by atoms with van der Waals surface area (Å²) in [5.74, 6) is 0.382. The summed E-state index contributed by atoms with van der Waals surface area (Å²) in [6.07, 6.45) is 0. The zero-order valence-electron chi connectivity index (χ0n) is 13.7. The van der Waals surface area contributed by atoms with Crippen LogP contribution in [0.5, 0.6) is 5.75 Å². The molecule has 0 amide bonds. The summed E-state index contributed by atoms with van der Waals surface area (Å²) in [7, 11) is 1.35. The maximum atomic E-state index is 11.5. The quantitative estimate of drug-likeness (QED) is 0.579. The Kier molecular flexibility index (Phi) is 5.36. The van der Waals surface area contributed by atoms with Gasteiger partial charge in [0.15, 0.2) is 0 Å². The van der Waals surface area contributed by atoms with Crippen molar-refractivity contribution in [2.75, 3.05) is 7.11 Å². The number of halogens is 1. The molecule has 0 spiro atoms. The number of carbonyl (C=O) groups excluding carboxylic acids is 1. The second kappa shape index (κ2) is 7.86. The summed E-state index contributed by atoms with van der Waals surface area (Å²) in [4.78, 5) is 11.5. The molecule has 126 valence electrons. The third-order valence-corrected chi connectivity index (χ3v) is 4.12. The van der Waals surface area contributed by atoms with Gasteiger partial charge in [-0.05, 0) is 35.4 Å². The van der Waals surface area contributed by atoms with Crippen LogP contribution in [0.2, 0.25) is 5.02 Å². The first-order chi connectivity index (χ1) is 12.2. The van der Waals surface area contributed by atoms with Crippen LogP contribution < -0.4 is 4.74 Å². The molecule has 0 fully saturated rings. The monoisotopic (exact) mass is 352 g/mol. The van der Waals surface area contributed by atoms with Gasteiger partial charge in [-0.1, -0.05) is 60.1 Å². The molecule has 0 aliphatic rings. The average Bonchev–Trinajstić information content (AvgIpc) is 2.67. The maximum Gasteiger partial charge on any atom is 0.337 e. The second-order valence-electron chi connectivity index (χ2n) is 5.48. The first-order valence-corrected chi connectivity index (χ1v) is 8.20. The highest BCUT2D eigenvalue weighted by Gasteiger charge is 2.10. The molecule has 0 aromatic heterocycles. The fourth-order valence-corrected chi connectivity index (χ4v) is 2.76. The molecule has 3 rings (SSSR count). The van der Waals surface area contributed by atoms with Crippen LogP contribution in [0.3, 0.4) is 0 Å². The van der Waals surface area contributed by atoms with E-state index >= 15 is 0 Å². The Morgan fingerprint density at radius 2 is 1.68 bits per heavy atom. The molecule has 0 heterocycles. The summed E-state index contributed by atoms with van der Waals surface area (Å²) in [5, 5.41) is 0.501. The Bertz CT molecular complexity index is 858. The number of carbonyl (C=O) groups is 1. The van der Waals surface area contributed by atoms with Crippen LogP contribution in [0.15, 0.2) is 72.8 Å². The standard InChI is InChI=1S/C21H17ClO3/c1-24-21(23)17-9-12-19(20(22)13-17)16-7-10-18(11-8-16)25-14-15-5-3-2-4-6-15/h2-13H,14H2,1H3. The minimum Gasteiger partial charge on any atom is -0.489 e. The lowest BCUT2D eigenvalue weighted by Crippen LogP contribution is -2.00. The van der Waals surface area contributed by atoms with Crippen molar-refractivity contribution in [1.82, 2.24) is 0 Å². The van der Waals surface area contributed by atoms with E-state index in [2.05, 4.69) is 0 Å². The highest BCUT2D eigenvalue weighted by Crippen LogP contribution is 2.30. The van der Waals surface area contributed by atoms with Gasteiger partial charge in [0.2, 0.25) is 0 Å². The Labute approximate surface area is 151 Å². The van der Waals surface area contributed by atoms with Gasteiger partial charge in [-0.2, -0.15) is 0 Å². The van der Waals surface area contributed by atoms with Crippen LogP contribution in [0, 0.1) is 0 Å². The number of ether oxygens (including phenoxy) is 2. The van der Waals surface area contributed by atoms with Gasteiger partial charge in [0.05, 0.1) is 12.7 Å². The predicted octanol–water partition coefficient (Wildman–Crippen LogP) is 5.37. The van der Waals surface area contributed by atoms with Crippen LogP contribution >= 0.6 is 11.6 Å². The van der Waals surface area contributed by atoms with Crippen molar-refractivity contribution in [3.05, 3.63) is 88.9 Å². The van der Waals surface area contributed by atoms with Gasteiger partial charge in [0.25, 0.3) is 0 Å². The smallest absolute Gasteiger partial charge is 0.337 e. The molecule has 3 nitrogen and oxygen atoms in total. The summed E-state index contributed by atoms with van der Waals surface area (Å²) in [5.41, 5.74) is 3.35. The fraction of sp³-hybridized carbons (Fsp3) is 0.0952. The van der Waals surface area contributed by atoms with Crippen molar-refractivity contribution in [2.24, 2.45) is 0 Å². The zero-order chi connectivity index (χ0) is 17.6. The molecule has 0 aliphatic carbocycles. The third-order valence-electron chi connectivity index (χ3n) is 3.80. The van der Waals surface area contributed by atoms with Gasteiger partial charge in [-0.3, -0.25) is 0 Å². The molecule has 0 bridgehead atoms. The number of benzene rings is 3. The lowest BCUT2D eigenvalue weighted by molar-refractivity contribution is 0.0601. The zero-order valence-corrected chi connectivity index (χ0v) is 14.5. The van der Waals surface area contributed by atoms with Crippen molar-refractivity contribution in [1.29, 1.82) is 0 Å². The van der Waals surface area contributed by atoms with E-state index in [1.165, 1.54) is 7.11 Å². The minimum absolute atomic E-state index is 0.405. The van der Waals surface area contributed by atoms with Crippen LogP contribution in [0.1, 0.15) is 15.9 Å². The van der Waals surface area contributed by atoms with E-state index in [1.54, 1.807) is 12.1 Å². The average molecular weight is 353 g/mol. The highest BCUT2D eigenvalue weighted by molar-refractivity contribution is 6.33.